The van der Waals surface area contributed by atoms with Gasteiger partial charge >= 0.3 is 0 Å². The Labute approximate surface area is 218 Å². The van der Waals surface area contributed by atoms with Gasteiger partial charge in [0.2, 0.25) is 0 Å². The summed E-state index contributed by atoms with van der Waals surface area (Å²) in [6, 6.07) is 19.9. The molecular weight excluding hydrogens is 466 g/mol. The highest BCUT2D eigenvalue weighted by Crippen LogP contribution is 2.50. The van der Waals surface area contributed by atoms with E-state index >= 15 is 0 Å². The van der Waals surface area contributed by atoms with Crippen molar-refractivity contribution in [2.24, 2.45) is 0 Å². The third-order valence-corrected chi connectivity index (χ3v) is 9.37. The lowest BCUT2D eigenvalue weighted by Gasteiger charge is -2.20. The number of para-hydroxylation sites is 1. The summed E-state index contributed by atoms with van der Waals surface area (Å²) in [5.41, 5.74) is 11.9. The molecule has 7 aromatic rings. The van der Waals surface area contributed by atoms with Crippen LogP contribution < -0.4 is 0 Å². The van der Waals surface area contributed by atoms with E-state index in [9.17, 15) is 10.5 Å². The van der Waals surface area contributed by atoms with Gasteiger partial charge in [0.15, 0.2) is 0 Å². The number of hydrogen-bond donors (Lipinski definition) is 0. The second kappa shape index (κ2) is 7.06. The minimum atomic E-state index is 0.799. The third-order valence-electron chi connectivity index (χ3n) is 9.37. The molecule has 2 aliphatic carbocycles. The molecule has 0 saturated carbocycles. The first kappa shape index (κ1) is 20.5. The standard InChI is InChI=1S/C34H23N3O/c35-16-18-13-26-30(22-9-3-1-7-20(18)22)25-15-29-32(24-11-5-6-12-28(24)38-29)33-31-23-10-4-2-8-21(23)19(17-36)14-27(31)37(26)34(25)33/h5-6,11-15H,1-4,7-10H2. The molecule has 0 radical (unpaired) electrons. The second-order valence-corrected chi connectivity index (χ2v) is 11.1. The van der Waals surface area contributed by atoms with Gasteiger partial charge in [-0.1, -0.05) is 18.2 Å². The van der Waals surface area contributed by atoms with Crippen LogP contribution in [0.5, 0.6) is 0 Å². The first-order chi connectivity index (χ1) is 18.8. The van der Waals surface area contributed by atoms with Crippen LogP contribution in [0.2, 0.25) is 0 Å². The van der Waals surface area contributed by atoms with Gasteiger partial charge in [-0.25, -0.2) is 0 Å². The monoisotopic (exact) mass is 489 g/mol. The Morgan fingerprint density at radius 3 is 1.89 bits per heavy atom. The molecule has 0 aliphatic heterocycles. The number of aryl methyl sites for hydroxylation is 2. The summed E-state index contributed by atoms with van der Waals surface area (Å²) in [5.74, 6) is 0. The van der Waals surface area contributed by atoms with E-state index in [1.807, 2.05) is 6.07 Å². The lowest BCUT2D eigenvalue weighted by molar-refractivity contribution is 0.669. The molecule has 38 heavy (non-hydrogen) atoms. The molecule has 3 aromatic heterocycles. The van der Waals surface area contributed by atoms with Crippen LogP contribution in [-0.2, 0) is 25.7 Å². The quantitative estimate of drug-likeness (QED) is 0.215. The van der Waals surface area contributed by atoms with E-state index in [2.05, 4.69) is 52.9 Å². The maximum atomic E-state index is 10.2. The van der Waals surface area contributed by atoms with Gasteiger partial charge in [0.25, 0.3) is 0 Å². The summed E-state index contributed by atoms with van der Waals surface area (Å²) in [7, 11) is 0. The maximum Gasteiger partial charge on any atom is 0.136 e. The van der Waals surface area contributed by atoms with Crippen LogP contribution in [-0.4, -0.2) is 4.40 Å². The van der Waals surface area contributed by atoms with Gasteiger partial charge in [-0.05, 0) is 97.9 Å². The van der Waals surface area contributed by atoms with Gasteiger partial charge in [-0.15, -0.1) is 0 Å². The van der Waals surface area contributed by atoms with Crippen molar-refractivity contribution in [3.05, 3.63) is 75.8 Å². The number of rotatable bonds is 0. The molecule has 0 N–H and O–H groups in total. The number of benzene rings is 4. The number of fused-ring (bicyclic) bond motifs is 14. The zero-order chi connectivity index (χ0) is 25.1. The van der Waals surface area contributed by atoms with Crippen molar-refractivity contribution >= 4 is 60.0 Å². The van der Waals surface area contributed by atoms with Crippen LogP contribution in [0, 0.1) is 22.7 Å². The van der Waals surface area contributed by atoms with Gasteiger partial charge in [-0.3, -0.25) is 0 Å². The third kappa shape index (κ3) is 2.31. The first-order valence-corrected chi connectivity index (χ1v) is 13.7. The molecule has 3 heterocycles. The van der Waals surface area contributed by atoms with Crippen molar-refractivity contribution in [2.45, 2.75) is 51.4 Å². The van der Waals surface area contributed by atoms with Crippen molar-refractivity contribution in [1.82, 2.24) is 4.40 Å². The fraction of sp³-hybridized carbons (Fsp3) is 0.235. The highest BCUT2D eigenvalue weighted by atomic mass is 16.3. The minimum Gasteiger partial charge on any atom is -0.456 e. The van der Waals surface area contributed by atoms with Crippen molar-refractivity contribution < 1.29 is 4.42 Å². The van der Waals surface area contributed by atoms with E-state index in [1.165, 1.54) is 54.7 Å². The second-order valence-electron chi connectivity index (χ2n) is 11.1. The van der Waals surface area contributed by atoms with E-state index in [4.69, 9.17) is 4.42 Å². The van der Waals surface area contributed by atoms with Crippen LogP contribution in [0.4, 0.5) is 0 Å². The largest absolute Gasteiger partial charge is 0.456 e. The summed E-state index contributed by atoms with van der Waals surface area (Å²) in [6.45, 7) is 0. The number of aromatic nitrogens is 1. The van der Waals surface area contributed by atoms with E-state index < -0.39 is 0 Å². The fourth-order valence-electron chi connectivity index (χ4n) is 7.90. The molecule has 0 unspecified atom stereocenters. The smallest absolute Gasteiger partial charge is 0.136 e. The lowest BCUT2D eigenvalue weighted by Crippen LogP contribution is -2.07. The summed E-state index contributed by atoms with van der Waals surface area (Å²) < 4.78 is 8.90. The molecule has 4 heteroatoms. The highest BCUT2D eigenvalue weighted by molar-refractivity contribution is 6.35. The van der Waals surface area contributed by atoms with E-state index in [0.717, 1.165) is 90.1 Å². The van der Waals surface area contributed by atoms with Crippen molar-refractivity contribution in [2.75, 3.05) is 0 Å². The Bertz CT molecular complexity index is 2260. The Morgan fingerprint density at radius 2 is 1.21 bits per heavy atom. The summed E-state index contributed by atoms with van der Waals surface area (Å²) >= 11 is 0. The molecule has 4 nitrogen and oxygen atoms in total. The van der Waals surface area contributed by atoms with Gasteiger partial charge in [-0.2, -0.15) is 10.5 Å². The summed E-state index contributed by atoms with van der Waals surface area (Å²) in [5, 5.41) is 27.7. The van der Waals surface area contributed by atoms with Gasteiger partial charge in [0.05, 0.1) is 39.8 Å². The molecular formula is C34H23N3O. The van der Waals surface area contributed by atoms with Gasteiger partial charge < -0.3 is 8.82 Å². The molecule has 0 saturated heterocycles. The molecule has 0 bridgehead atoms. The lowest BCUT2D eigenvalue weighted by atomic mass is 9.84. The predicted octanol–water partition coefficient (Wildman–Crippen LogP) is 8.24. The molecule has 0 atom stereocenters. The first-order valence-electron chi connectivity index (χ1n) is 13.7. The molecule has 0 amide bonds. The van der Waals surface area contributed by atoms with Crippen molar-refractivity contribution in [3.8, 4) is 12.1 Å². The summed E-state index contributed by atoms with van der Waals surface area (Å²) in [4.78, 5) is 0. The van der Waals surface area contributed by atoms with Crippen LogP contribution in [0.15, 0.2) is 46.9 Å². The van der Waals surface area contributed by atoms with Crippen molar-refractivity contribution in [3.63, 3.8) is 0 Å². The molecule has 9 rings (SSSR count). The van der Waals surface area contributed by atoms with Crippen LogP contribution in [0.1, 0.15) is 59.1 Å². The van der Waals surface area contributed by atoms with Crippen LogP contribution in [0.3, 0.4) is 0 Å². The SMILES string of the molecule is N#Cc1cc2c(c3c1CCCC3)c1cc3oc4ccccc4c3c3c4c5c(c(C#N)cc4n2c13)CCCC5. The molecule has 0 spiro atoms. The van der Waals surface area contributed by atoms with Gasteiger partial charge in [0, 0.05) is 32.3 Å². The van der Waals surface area contributed by atoms with Crippen LogP contribution >= 0.6 is 0 Å². The van der Waals surface area contributed by atoms with E-state index in [1.54, 1.807) is 0 Å². The predicted molar refractivity (Wildman–Crippen MR) is 151 cm³/mol. The summed E-state index contributed by atoms with van der Waals surface area (Å²) in [6.07, 6.45) is 8.44. The Balaban J connectivity index is 1.65. The maximum absolute atomic E-state index is 10.2. The normalized spacial score (nSPS) is 15.5. The number of hydrogen-bond acceptors (Lipinski definition) is 3. The molecule has 0 fully saturated rings. The average molecular weight is 490 g/mol. The topological polar surface area (TPSA) is 65.1 Å². The zero-order valence-electron chi connectivity index (χ0n) is 20.9. The van der Waals surface area contributed by atoms with Crippen LogP contribution in [0.25, 0.3) is 60.0 Å². The van der Waals surface area contributed by atoms with Crippen molar-refractivity contribution in [1.29, 1.82) is 10.5 Å². The van der Waals surface area contributed by atoms with Gasteiger partial charge in [0.1, 0.15) is 11.2 Å². The number of furan rings is 1. The molecule has 4 aromatic carbocycles. The highest BCUT2D eigenvalue weighted by Gasteiger charge is 2.30. The Hall–Kier alpha value is -4.54. The average Bonchev–Trinajstić information content (AvgIpc) is 3.61. The van der Waals surface area contributed by atoms with E-state index in [0.29, 0.717) is 0 Å². The fourth-order valence-corrected chi connectivity index (χ4v) is 7.90. The molecule has 180 valence electrons. The van der Waals surface area contributed by atoms with E-state index in [-0.39, 0.29) is 0 Å². The zero-order valence-corrected chi connectivity index (χ0v) is 20.9. The Morgan fingerprint density at radius 1 is 0.605 bits per heavy atom. The number of nitrogens with zero attached hydrogens (tertiary/aromatic N) is 3. The minimum absolute atomic E-state index is 0.799. The Kier molecular flexibility index (Phi) is 3.81. The number of nitriles is 2. The molecule has 2 aliphatic rings.